The van der Waals surface area contributed by atoms with Crippen molar-refractivity contribution in [2.24, 2.45) is 10.3 Å². The molecule has 0 spiro atoms. The molecule has 0 saturated carbocycles. The molecule has 0 saturated heterocycles. The molecule has 16 heavy (non-hydrogen) atoms. The summed E-state index contributed by atoms with van der Waals surface area (Å²) in [6, 6.07) is 6.83. The molecule has 84 valence electrons. The van der Waals surface area contributed by atoms with E-state index in [1.54, 1.807) is 36.3 Å². The molecule has 1 aliphatic rings. The fourth-order valence-corrected chi connectivity index (χ4v) is 1.47. The SMILES string of the molecule is CN1NN=NC1NC(=O)c1ccccc1Cl. The molecule has 1 amide bonds. The minimum absolute atomic E-state index is 0.287. The molecule has 1 unspecified atom stereocenters. The number of benzene rings is 1. The van der Waals surface area contributed by atoms with E-state index in [2.05, 4.69) is 21.2 Å². The van der Waals surface area contributed by atoms with Crippen LogP contribution in [0.15, 0.2) is 34.6 Å². The van der Waals surface area contributed by atoms with Gasteiger partial charge in [0.15, 0.2) is 0 Å². The van der Waals surface area contributed by atoms with Gasteiger partial charge in [-0.1, -0.05) is 29.0 Å². The lowest BCUT2D eigenvalue weighted by atomic mass is 10.2. The molecule has 0 radical (unpaired) electrons. The zero-order valence-corrected chi connectivity index (χ0v) is 9.27. The molecule has 1 aliphatic heterocycles. The van der Waals surface area contributed by atoms with Crippen molar-refractivity contribution in [3.05, 3.63) is 34.9 Å². The Morgan fingerprint density at radius 2 is 2.31 bits per heavy atom. The van der Waals surface area contributed by atoms with Crippen LogP contribution in [0.2, 0.25) is 5.02 Å². The molecular formula is C9H10ClN5O. The van der Waals surface area contributed by atoms with E-state index in [4.69, 9.17) is 11.6 Å². The lowest BCUT2D eigenvalue weighted by molar-refractivity contribution is 0.0872. The van der Waals surface area contributed by atoms with E-state index in [-0.39, 0.29) is 5.91 Å². The third-order valence-corrected chi connectivity index (χ3v) is 2.44. The van der Waals surface area contributed by atoms with E-state index in [0.29, 0.717) is 10.6 Å². The number of hydrogen-bond donors (Lipinski definition) is 2. The van der Waals surface area contributed by atoms with Gasteiger partial charge in [-0.25, -0.2) is 5.53 Å². The van der Waals surface area contributed by atoms with Crippen LogP contribution in [0.4, 0.5) is 0 Å². The summed E-state index contributed by atoms with van der Waals surface area (Å²) in [6.07, 6.45) is -0.510. The molecule has 6 nitrogen and oxygen atoms in total. The predicted octanol–water partition coefficient (Wildman–Crippen LogP) is 1.17. The molecule has 1 heterocycles. The van der Waals surface area contributed by atoms with Gasteiger partial charge < -0.3 is 5.32 Å². The summed E-state index contributed by atoms with van der Waals surface area (Å²) in [5.74, 6) is -0.287. The van der Waals surface area contributed by atoms with Crippen molar-refractivity contribution < 1.29 is 4.79 Å². The fraction of sp³-hybridized carbons (Fsp3) is 0.222. The first-order valence-corrected chi connectivity index (χ1v) is 5.00. The standard InChI is InChI=1S/C9H10ClN5O/c1-15-9(12-13-14-15)11-8(16)6-4-2-3-5-7(6)10/h2-5,9H,1H3,(H,11,16)(H,12,14). The minimum Gasteiger partial charge on any atom is -0.315 e. The van der Waals surface area contributed by atoms with Gasteiger partial charge in [-0.2, -0.15) is 5.01 Å². The van der Waals surface area contributed by atoms with Crippen molar-refractivity contribution >= 4 is 17.5 Å². The topological polar surface area (TPSA) is 69.1 Å². The zero-order chi connectivity index (χ0) is 11.5. The van der Waals surface area contributed by atoms with Gasteiger partial charge in [-0.3, -0.25) is 4.79 Å². The van der Waals surface area contributed by atoms with Crippen molar-refractivity contribution in [3.63, 3.8) is 0 Å². The Bertz CT molecular complexity index is 436. The molecule has 1 aromatic carbocycles. The average molecular weight is 240 g/mol. The summed E-state index contributed by atoms with van der Waals surface area (Å²) in [4.78, 5) is 11.8. The maximum Gasteiger partial charge on any atom is 0.255 e. The van der Waals surface area contributed by atoms with Crippen molar-refractivity contribution in [2.75, 3.05) is 7.05 Å². The number of nitrogens with zero attached hydrogens (tertiary/aromatic N) is 3. The predicted molar refractivity (Wildman–Crippen MR) is 58.5 cm³/mol. The summed E-state index contributed by atoms with van der Waals surface area (Å²) >= 11 is 5.90. The largest absolute Gasteiger partial charge is 0.315 e. The smallest absolute Gasteiger partial charge is 0.255 e. The summed E-state index contributed by atoms with van der Waals surface area (Å²) < 4.78 is 0. The highest BCUT2D eigenvalue weighted by Crippen LogP contribution is 2.15. The van der Waals surface area contributed by atoms with E-state index < -0.39 is 6.29 Å². The summed E-state index contributed by atoms with van der Waals surface area (Å²) in [7, 11) is 1.72. The second-order valence-electron chi connectivity index (χ2n) is 3.25. The van der Waals surface area contributed by atoms with Gasteiger partial charge in [0.2, 0.25) is 6.29 Å². The fourth-order valence-electron chi connectivity index (χ4n) is 1.25. The van der Waals surface area contributed by atoms with Crippen molar-refractivity contribution in [2.45, 2.75) is 6.29 Å². The first-order chi connectivity index (χ1) is 7.68. The van der Waals surface area contributed by atoms with Crippen LogP contribution >= 0.6 is 11.6 Å². The number of hydrogen-bond acceptors (Lipinski definition) is 5. The molecule has 2 rings (SSSR count). The molecule has 0 aromatic heterocycles. The molecular weight excluding hydrogens is 230 g/mol. The first kappa shape index (κ1) is 10.8. The highest BCUT2D eigenvalue weighted by Gasteiger charge is 2.21. The quantitative estimate of drug-likeness (QED) is 0.814. The Morgan fingerprint density at radius 3 is 2.94 bits per heavy atom. The first-order valence-electron chi connectivity index (χ1n) is 4.62. The van der Waals surface area contributed by atoms with Crippen LogP contribution in [0, 0.1) is 0 Å². The Balaban J connectivity index is 2.09. The third-order valence-electron chi connectivity index (χ3n) is 2.12. The number of rotatable bonds is 2. The third kappa shape index (κ3) is 2.12. The Morgan fingerprint density at radius 1 is 1.56 bits per heavy atom. The van der Waals surface area contributed by atoms with Crippen LogP contribution in [0.25, 0.3) is 0 Å². The van der Waals surface area contributed by atoms with Gasteiger partial charge in [0, 0.05) is 7.05 Å². The van der Waals surface area contributed by atoms with E-state index in [0.717, 1.165) is 0 Å². The molecule has 0 bridgehead atoms. The van der Waals surface area contributed by atoms with Crippen molar-refractivity contribution in [1.82, 2.24) is 15.9 Å². The van der Waals surface area contributed by atoms with Crippen molar-refractivity contribution in [1.29, 1.82) is 0 Å². The number of halogens is 1. The zero-order valence-electron chi connectivity index (χ0n) is 8.51. The minimum atomic E-state index is -0.510. The number of carbonyl (C=O) groups excluding carboxylic acids is 1. The summed E-state index contributed by atoms with van der Waals surface area (Å²) in [5, 5.41) is 12.0. The van der Waals surface area contributed by atoms with E-state index in [1.165, 1.54) is 0 Å². The Hall–Kier alpha value is -1.66. The summed E-state index contributed by atoms with van der Waals surface area (Å²) in [5.41, 5.74) is 3.00. The number of carbonyl (C=O) groups is 1. The normalized spacial score (nSPS) is 19.5. The van der Waals surface area contributed by atoms with Crippen LogP contribution in [-0.4, -0.2) is 24.3 Å². The van der Waals surface area contributed by atoms with E-state index >= 15 is 0 Å². The van der Waals surface area contributed by atoms with E-state index in [9.17, 15) is 4.79 Å². The monoisotopic (exact) mass is 239 g/mol. The van der Waals surface area contributed by atoms with Gasteiger partial charge in [-0.15, -0.1) is 5.11 Å². The van der Waals surface area contributed by atoms with Gasteiger partial charge in [-0.05, 0) is 12.1 Å². The maximum atomic E-state index is 11.8. The van der Waals surface area contributed by atoms with Gasteiger partial charge >= 0.3 is 0 Å². The summed E-state index contributed by atoms with van der Waals surface area (Å²) in [6.45, 7) is 0. The lowest BCUT2D eigenvalue weighted by Crippen LogP contribution is -2.45. The number of nitrogens with one attached hydrogen (secondary N) is 2. The van der Waals surface area contributed by atoms with Gasteiger partial charge in [0.25, 0.3) is 5.91 Å². The van der Waals surface area contributed by atoms with Crippen LogP contribution in [0.5, 0.6) is 0 Å². The van der Waals surface area contributed by atoms with Crippen molar-refractivity contribution in [3.8, 4) is 0 Å². The average Bonchev–Trinajstić information content (AvgIpc) is 2.65. The number of amides is 1. The number of hydrazine groups is 1. The Kier molecular flexibility index (Phi) is 3.02. The van der Waals surface area contributed by atoms with Gasteiger partial charge in [0.05, 0.1) is 10.6 Å². The molecule has 1 atom stereocenters. The van der Waals surface area contributed by atoms with Crippen LogP contribution < -0.4 is 10.9 Å². The second kappa shape index (κ2) is 4.46. The molecule has 1 aromatic rings. The van der Waals surface area contributed by atoms with Crippen LogP contribution in [0.3, 0.4) is 0 Å². The Labute approximate surface area is 97.2 Å². The second-order valence-corrected chi connectivity index (χ2v) is 3.66. The molecule has 0 aliphatic carbocycles. The highest BCUT2D eigenvalue weighted by atomic mass is 35.5. The highest BCUT2D eigenvalue weighted by molar-refractivity contribution is 6.33. The van der Waals surface area contributed by atoms with Gasteiger partial charge in [0.1, 0.15) is 0 Å². The van der Waals surface area contributed by atoms with E-state index in [1.807, 2.05) is 0 Å². The molecule has 2 N–H and O–H groups in total. The van der Waals surface area contributed by atoms with Crippen LogP contribution in [0.1, 0.15) is 10.4 Å². The molecule has 7 heteroatoms. The van der Waals surface area contributed by atoms with Crippen LogP contribution in [-0.2, 0) is 0 Å². The maximum absolute atomic E-state index is 11.8. The molecule has 0 fully saturated rings. The lowest BCUT2D eigenvalue weighted by Gasteiger charge is -2.16.